The molecule has 0 atom stereocenters. The third-order valence-corrected chi connectivity index (χ3v) is 12.6. The number of ether oxygens (including phenoxy) is 2. The van der Waals surface area contributed by atoms with Gasteiger partial charge in [0.15, 0.2) is 0 Å². The zero-order chi connectivity index (χ0) is 47.7. The van der Waals surface area contributed by atoms with Gasteiger partial charge in [-0.05, 0) is 116 Å². The van der Waals surface area contributed by atoms with E-state index < -0.39 is 11.9 Å². The summed E-state index contributed by atoms with van der Waals surface area (Å²) in [4.78, 5) is 28.6. The van der Waals surface area contributed by atoms with Gasteiger partial charge in [-0.3, -0.25) is 9.36 Å². The molecule has 8 aromatic rings. The molecule has 68 heavy (non-hydrogen) atoms. The number of esters is 2. The maximum Gasteiger partial charge on any atom is 0.343 e. The van der Waals surface area contributed by atoms with Gasteiger partial charge in [-0.25, -0.2) is 9.59 Å². The minimum atomic E-state index is -0.525. The molecule has 0 spiro atoms. The molecule has 0 aliphatic heterocycles. The van der Waals surface area contributed by atoms with E-state index in [9.17, 15) is 19.8 Å². The van der Waals surface area contributed by atoms with E-state index in [-0.39, 0.29) is 48.0 Å². The Labute approximate surface area is 397 Å². The van der Waals surface area contributed by atoms with E-state index in [1.807, 2.05) is 70.3 Å². The second-order valence-corrected chi connectivity index (χ2v) is 19.9. The molecule has 2 heterocycles. The lowest BCUT2D eigenvalue weighted by Gasteiger charge is -2.27. The average molecular weight is 905 g/mol. The number of nitrogens with zero attached hydrogens (tertiary/aromatic N) is 4. The Balaban J connectivity index is 1.34. The summed E-state index contributed by atoms with van der Waals surface area (Å²) in [5.41, 5.74) is 9.12. The van der Waals surface area contributed by atoms with Crippen LogP contribution in [0.15, 0.2) is 146 Å². The topological polar surface area (TPSA) is 129 Å². The number of benzene rings is 6. The molecule has 10 nitrogen and oxygen atoms in total. The van der Waals surface area contributed by atoms with Crippen LogP contribution in [0.1, 0.15) is 129 Å². The molecule has 2 N–H and O–H groups in total. The van der Waals surface area contributed by atoms with Crippen molar-refractivity contribution in [3.05, 3.63) is 224 Å². The quantitative estimate of drug-likeness (QED) is 0.114. The third kappa shape index (κ3) is 10.0. The van der Waals surface area contributed by atoms with Crippen molar-refractivity contribution in [2.75, 3.05) is 0 Å². The number of carbonyl (C=O) groups is 2. The van der Waals surface area contributed by atoms with E-state index in [0.717, 1.165) is 22.3 Å². The van der Waals surface area contributed by atoms with Crippen LogP contribution in [0.5, 0.6) is 23.0 Å². The number of phenolic OH excluding ortho intramolecular Hbond substituents is 2. The number of fused-ring (bicyclic) bond motifs is 8. The number of rotatable bonds is 8. The van der Waals surface area contributed by atoms with E-state index in [2.05, 4.69) is 76.0 Å². The molecule has 0 fully saturated rings. The van der Waals surface area contributed by atoms with Crippen molar-refractivity contribution in [2.24, 2.45) is 0 Å². The summed E-state index contributed by atoms with van der Waals surface area (Å²) >= 11 is 0. The van der Waals surface area contributed by atoms with Gasteiger partial charge in [0.2, 0.25) is 0 Å². The van der Waals surface area contributed by atoms with Gasteiger partial charge in [0, 0.05) is 72.7 Å². The van der Waals surface area contributed by atoms with Crippen molar-refractivity contribution >= 4 is 11.9 Å². The van der Waals surface area contributed by atoms with Crippen molar-refractivity contribution in [3.8, 4) is 23.0 Å². The molecule has 10 heteroatoms. The van der Waals surface area contributed by atoms with E-state index in [0.29, 0.717) is 80.2 Å². The van der Waals surface area contributed by atoms with Gasteiger partial charge in [-0.15, -0.1) is 0 Å². The summed E-state index contributed by atoms with van der Waals surface area (Å²) in [5.74, 6) is -0.153. The molecule has 344 valence electrons. The van der Waals surface area contributed by atoms with E-state index in [1.165, 1.54) is 0 Å². The van der Waals surface area contributed by atoms with Crippen molar-refractivity contribution < 1.29 is 29.3 Å². The minimum absolute atomic E-state index is 0.0814. The molecular formula is C58H56N4O6. The molecule has 0 saturated heterocycles. The van der Waals surface area contributed by atoms with Gasteiger partial charge in [-0.1, -0.05) is 102 Å². The molecule has 8 bridgehead atoms. The van der Waals surface area contributed by atoms with Crippen molar-refractivity contribution in [2.45, 2.75) is 91.1 Å². The van der Waals surface area contributed by atoms with E-state index in [1.54, 1.807) is 60.9 Å². The first kappa shape index (κ1) is 45.4. The highest BCUT2D eigenvalue weighted by molar-refractivity contribution is 5.92. The Morgan fingerprint density at radius 3 is 1.12 bits per heavy atom. The zero-order valence-corrected chi connectivity index (χ0v) is 39.4. The summed E-state index contributed by atoms with van der Waals surface area (Å²) in [6, 6.07) is 37.8. The molecule has 0 amide bonds. The van der Waals surface area contributed by atoms with E-state index >= 15 is 0 Å². The summed E-state index contributed by atoms with van der Waals surface area (Å²) in [6.07, 6.45) is 8.04. The second-order valence-electron chi connectivity index (χ2n) is 19.9. The standard InChI is InChI=1S/C58H56N4O6/c1-57(2,3)49-31-45-28-43-25-37(35-61-21-13-19-59-61)23-41(51(43)63)27-42-24-38(36-62-22-14-20-60-62)26-44(52(42)64)29-46-32-50(58(4,5)6)34-48(54(46)68-56(66)40-17-11-8-12-18-40)30-47(33-49)53(45)67-55(65)39-15-9-7-10-16-39/h7-26,31-34,63-64H,27-30,35-36H2,1-6H3. The molecule has 0 saturated carbocycles. The number of phenols is 2. The Hall–Kier alpha value is -7.72. The van der Waals surface area contributed by atoms with Crippen LogP contribution in [0.2, 0.25) is 0 Å². The van der Waals surface area contributed by atoms with E-state index in [4.69, 9.17) is 9.47 Å². The Morgan fingerprint density at radius 1 is 0.485 bits per heavy atom. The normalized spacial score (nSPS) is 12.7. The second kappa shape index (κ2) is 18.5. The third-order valence-electron chi connectivity index (χ3n) is 12.6. The van der Waals surface area contributed by atoms with Gasteiger partial charge in [0.25, 0.3) is 0 Å². The molecule has 0 unspecified atom stereocenters. The van der Waals surface area contributed by atoms with Crippen LogP contribution in [0.25, 0.3) is 0 Å². The van der Waals surface area contributed by atoms with Crippen molar-refractivity contribution in [1.82, 2.24) is 19.6 Å². The maximum absolute atomic E-state index is 14.3. The lowest BCUT2D eigenvalue weighted by molar-refractivity contribution is 0.0724. The van der Waals surface area contributed by atoms with Crippen LogP contribution in [-0.4, -0.2) is 41.7 Å². The Kier molecular flexibility index (Phi) is 12.4. The van der Waals surface area contributed by atoms with Crippen LogP contribution in [0, 0.1) is 0 Å². The highest BCUT2D eigenvalue weighted by Crippen LogP contribution is 2.43. The van der Waals surface area contributed by atoms with Crippen molar-refractivity contribution in [3.63, 3.8) is 0 Å². The molecule has 6 aromatic carbocycles. The number of hydrogen-bond donors (Lipinski definition) is 2. The first-order valence-electron chi connectivity index (χ1n) is 23.0. The smallest absolute Gasteiger partial charge is 0.343 e. The molecule has 0 radical (unpaired) electrons. The lowest BCUT2D eigenvalue weighted by atomic mass is 9.80. The van der Waals surface area contributed by atoms with Crippen LogP contribution in [-0.2, 0) is 49.6 Å². The van der Waals surface area contributed by atoms with Crippen molar-refractivity contribution in [1.29, 1.82) is 0 Å². The number of hydrogen-bond acceptors (Lipinski definition) is 8. The first-order chi connectivity index (χ1) is 32.6. The monoisotopic (exact) mass is 904 g/mol. The predicted molar refractivity (Wildman–Crippen MR) is 263 cm³/mol. The van der Waals surface area contributed by atoms with Crippen LogP contribution in [0.3, 0.4) is 0 Å². The summed E-state index contributed by atoms with van der Waals surface area (Å²) in [5, 5.41) is 33.9. The highest BCUT2D eigenvalue weighted by Gasteiger charge is 2.29. The van der Waals surface area contributed by atoms with Crippen LogP contribution < -0.4 is 9.47 Å². The van der Waals surface area contributed by atoms with Gasteiger partial charge in [0.1, 0.15) is 23.0 Å². The predicted octanol–water partition coefficient (Wildman–Crippen LogP) is 11.3. The largest absolute Gasteiger partial charge is 0.507 e. The van der Waals surface area contributed by atoms with Gasteiger partial charge < -0.3 is 19.7 Å². The fourth-order valence-electron chi connectivity index (χ4n) is 8.98. The fraction of sp³-hybridized carbons (Fsp3) is 0.241. The lowest BCUT2D eigenvalue weighted by Crippen LogP contribution is -2.18. The number of aromatic hydroxyl groups is 2. The van der Waals surface area contributed by atoms with Gasteiger partial charge in [-0.2, -0.15) is 10.2 Å². The summed E-state index contributed by atoms with van der Waals surface area (Å²) in [6.45, 7) is 13.7. The van der Waals surface area contributed by atoms with Gasteiger partial charge >= 0.3 is 11.9 Å². The molecule has 9 rings (SSSR count). The molecule has 1 aliphatic rings. The highest BCUT2D eigenvalue weighted by atomic mass is 16.5. The van der Waals surface area contributed by atoms with Crippen LogP contribution >= 0.6 is 0 Å². The average Bonchev–Trinajstić information content (AvgIpc) is 4.03. The minimum Gasteiger partial charge on any atom is -0.507 e. The summed E-state index contributed by atoms with van der Waals surface area (Å²) in [7, 11) is 0. The first-order valence-corrected chi connectivity index (χ1v) is 23.0. The van der Waals surface area contributed by atoms with Gasteiger partial charge in [0.05, 0.1) is 24.2 Å². The number of carbonyl (C=O) groups excluding carboxylic acids is 2. The molecular weight excluding hydrogens is 849 g/mol. The SMILES string of the molecule is CC(C)(C)c1cc2c(OC(=O)c3ccccc3)c(c1)Cc1cc(C(C)(C)C)cc(c1OC(=O)c1ccccc1)Cc1cc(Cn3cccn3)cc(c1O)Cc1cc(Cn3cccn3)cc(c1O)C2. The Bertz CT molecular complexity index is 2920. The maximum atomic E-state index is 14.3. The molecule has 2 aromatic heterocycles. The fourth-order valence-corrected chi connectivity index (χ4v) is 8.98. The summed E-state index contributed by atoms with van der Waals surface area (Å²) < 4.78 is 16.8. The molecule has 1 aliphatic carbocycles. The van der Waals surface area contributed by atoms with Crippen LogP contribution in [0.4, 0.5) is 0 Å². The Morgan fingerprint density at radius 2 is 0.809 bits per heavy atom. The number of aromatic nitrogens is 4. The zero-order valence-electron chi connectivity index (χ0n) is 39.4.